The van der Waals surface area contributed by atoms with Crippen LogP contribution in [0.1, 0.15) is 11.1 Å². The quantitative estimate of drug-likeness (QED) is 0.0528. The zero-order chi connectivity index (χ0) is 28.2. The number of aromatic hydroxyl groups is 2. The van der Waals surface area contributed by atoms with Crippen molar-refractivity contribution in [2.75, 3.05) is 24.6 Å². The van der Waals surface area contributed by atoms with Crippen LogP contribution >= 0.6 is 85.3 Å². The molecule has 2 rings (SSSR count). The Labute approximate surface area is 260 Å². The van der Waals surface area contributed by atoms with Crippen molar-refractivity contribution >= 4 is 109 Å². The van der Waals surface area contributed by atoms with E-state index in [4.69, 9.17) is 0 Å². The van der Waals surface area contributed by atoms with Crippen LogP contribution in [0.2, 0.25) is 0 Å². The second-order valence-electron chi connectivity index (χ2n) is 7.42. The smallest absolute Gasteiger partial charge is 0.269 e. The maximum atomic E-state index is 12.3. The number of rotatable bonds is 13. The molecule has 0 saturated carbocycles. The highest BCUT2D eigenvalue weighted by Gasteiger charge is 2.16. The largest absolute Gasteiger partial charge is 0.506 e. The molecule has 0 unspecified atom stereocenters. The predicted molar refractivity (Wildman–Crippen MR) is 164 cm³/mol. The van der Waals surface area contributed by atoms with Gasteiger partial charge in [0.1, 0.15) is 22.9 Å². The number of nitrogens with one attached hydrogen (secondary N) is 2. The highest BCUT2D eigenvalue weighted by atomic mass is 79.9. The number of hydrogen-bond donors (Lipinski definition) is 6. The average Bonchev–Trinajstić information content (AvgIpc) is 2.88. The van der Waals surface area contributed by atoms with Crippen molar-refractivity contribution in [1.82, 2.24) is 10.6 Å². The molecule has 2 aromatic rings. The van der Waals surface area contributed by atoms with Gasteiger partial charge in [-0.05, 0) is 99.1 Å². The molecule has 10 nitrogen and oxygen atoms in total. The molecule has 0 radical (unpaired) electrons. The topological polar surface area (TPSA) is 164 Å². The summed E-state index contributed by atoms with van der Waals surface area (Å²) in [6, 6.07) is 6.52. The number of oxime groups is 2. The highest BCUT2D eigenvalue weighted by Crippen LogP contribution is 2.34. The second kappa shape index (κ2) is 16.6. The van der Waals surface area contributed by atoms with Gasteiger partial charge in [0.15, 0.2) is 0 Å². The Morgan fingerprint density at radius 1 is 0.684 bits per heavy atom. The fourth-order valence-electron chi connectivity index (χ4n) is 2.88. The highest BCUT2D eigenvalue weighted by molar-refractivity contribution is 9.11. The zero-order valence-electron chi connectivity index (χ0n) is 19.4. The van der Waals surface area contributed by atoms with Crippen molar-refractivity contribution < 1.29 is 30.2 Å². The third-order valence-corrected chi connectivity index (χ3v) is 9.51. The van der Waals surface area contributed by atoms with E-state index in [9.17, 15) is 30.2 Å². The van der Waals surface area contributed by atoms with Gasteiger partial charge < -0.3 is 31.3 Å². The molecule has 0 saturated heterocycles. The van der Waals surface area contributed by atoms with Gasteiger partial charge in [0, 0.05) is 37.4 Å². The van der Waals surface area contributed by atoms with Crippen LogP contribution in [0.4, 0.5) is 0 Å². The van der Waals surface area contributed by atoms with Gasteiger partial charge in [-0.15, -0.1) is 0 Å². The number of halogens is 4. The third-order valence-electron chi connectivity index (χ3n) is 4.69. The van der Waals surface area contributed by atoms with Gasteiger partial charge in [-0.2, -0.15) is 0 Å². The van der Waals surface area contributed by atoms with Crippen molar-refractivity contribution in [1.29, 1.82) is 0 Å². The second-order valence-corrected chi connectivity index (χ2v) is 13.5. The minimum Gasteiger partial charge on any atom is -0.506 e. The van der Waals surface area contributed by atoms with Crippen molar-refractivity contribution in [2.45, 2.75) is 12.8 Å². The lowest BCUT2D eigenvalue weighted by Gasteiger charge is -2.09. The van der Waals surface area contributed by atoms with Gasteiger partial charge in [-0.1, -0.05) is 31.9 Å². The van der Waals surface area contributed by atoms with E-state index in [1.807, 2.05) is 0 Å². The van der Waals surface area contributed by atoms with Crippen LogP contribution in [0, 0.1) is 0 Å². The van der Waals surface area contributed by atoms with Crippen molar-refractivity contribution in [2.24, 2.45) is 10.3 Å². The molecule has 0 aliphatic heterocycles. The van der Waals surface area contributed by atoms with Crippen LogP contribution < -0.4 is 10.6 Å². The first-order valence-corrected chi connectivity index (χ1v) is 16.3. The number of carbonyl (C=O) groups is 2. The van der Waals surface area contributed by atoms with Crippen LogP contribution in [-0.2, 0) is 22.4 Å². The molecule has 38 heavy (non-hydrogen) atoms. The minimum absolute atomic E-state index is 0.0348. The Hall–Kier alpha value is -1.46. The molecule has 0 aliphatic rings. The summed E-state index contributed by atoms with van der Waals surface area (Å²) in [7, 11) is 2.98. The Morgan fingerprint density at radius 3 is 1.29 bits per heavy atom. The molecule has 0 spiro atoms. The average molecular weight is 822 g/mol. The minimum atomic E-state index is -0.505. The van der Waals surface area contributed by atoms with E-state index in [1.54, 1.807) is 24.3 Å². The van der Waals surface area contributed by atoms with Gasteiger partial charge in [-0.25, -0.2) is 0 Å². The Morgan fingerprint density at radius 2 is 1.00 bits per heavy atom. The predicted octanol–water partition coefficient (Wildman–Crippen LogP) is 5.21. The van der Waals surface area contributed by atoms with Crippen molar-refractivity contribution in [3.8, 4) is 11.5 Å². The van der Waals surface area contributed by atoms with Crippen LogP contribution in [-0.4, -0.2) is 68.5 Å². The zero-order valence-corrected chi connectivity index (χ0v) is 27.4. The summed E-state index contributed by atoms with van der Waals surface area (Å²) < 4.78 is 1.79. The lowest BCUT2D eigenvalue weighted by atomic mass is 10.1. The molecule has 0 atom stereocenters. The van der Waals surface area contributed by atoms with Crippen molar-refractivity contribution in [3.05, 3.63) is 53.3 Å². The number of carbonyl (C=O) groups excluding carboxylic acids is 2. The molecule has 0 aliphatic carbocycles. The molecular formula is C22H22Br4N4O6S2. The molecule has 0 bridgehead atoms. The summed E-state index contributed by atoms with van der Waals surface area (Å²) >= 11 is 12.9. The summed E-state index contributed by atoms with van der Waals surface area (Å²) in [5, 5.41) is 49.6. The molecule has 0 heterocycles. The number of benzene rings is 2. The fourth-order valence-corrected chi connectivity index (χ4v) is 7.26. The summed E-state index contributed by atoms with van der Waals surface area (Å²) in [6.45, 7) is 0.674. The van der Waals surface area contributed by atoms with E-state index in [2.05, 4.69) is 84.7 Å². The van der Waals surface area contributed by atoms with Gasteiger partial charge in [0.25, 0.3) is 11.8 Å². The lowest BCUT2D eigenvalue weighted by Crippen LogP contribution is -2.34. The molecule has 206 valence electrons. The number of nitrogens with zero attached hydrogens (tertiary/aromatic N) is 2. The third kappa shape index (κ3) is 10.3. The van der Waals surface area contributed by atoms with Gasteiger partial charge in [0.2, 0.25) is 0 Å². The van der Waals surface area contributed by atoms with Gasteiger partial charge >= 0.3 is 0 Å². The van der Waals surface area contributed by atoms with E-state index in [0.29, 0.717) is 53.6 Å². The number of amides is 2. The number of hydrogen-bond acceptors (Lipinski definition) is 10. The van der Waals surface area contributed by atoms with E-state index >= 15 is 0 Å². The molecule has 16 heteroatoms. The molecule has 0 fully saturated rings. The van der Waals surface area contributed by atoms with Crippen LogP contribution in [0.5, 0.6) is 11.5 Å². The van der Waals surface area contributed by atoms with Crippen molar-refractivity contribution in [3.63, 3.8) is 0 Å². The Bertz CT molecular complexity index is 1090. The van der Waals surface area contributed by atoms with Crippen LogP contribution in [0.15, 0.2) is 52.5 Å². The van der Waals surface area contributed by atoms with Gasteiger partial charge in [0.05, 0.1) is 17.9 Å². The van der Waals surface area contributed by atoms with E-state index in [-0.39, 0.29) is 35.8 Å². The van der Waals surface area contributed by atoms with E-state index in [1.165, 1.54) is 21.6 Å². The maximum Gasteiger partial charge on any atom is 0.269 e. The summed E-state index contributed by atoms with van der Waals surface area (Å²) in [6.07, 6.45) is 0.143. The molecule has 2 aromatic carbocycles. The Kier molecular flexibility index (Phi) is 14.3. The number of phenolic OH excluding ortho intramolecular Hbond substituents is 2. The normalized spacial score (nSPS) is 11.9. The standard InChI is InChI=1S/C22H22Br4N4O6S2/c23-13-5-11(6-14(24)19(13)31)9-17(29-35)21(33)27-1-3-37-38-4-2-28-22(34)18(30-36)10-12-7-15(25)20(32)16(26)8-12/h5-8,31-32,35-36H,1-4,9-10H2,(H,27,33)(H,28,34)/b29-17+,30-18+. The van der Waals surface area contributed by atoms with E-state index < -0.39 is 11.8 Å². The van der Waals surface area contributed by atoms with Gasteiger partial charge in [-0.3, -0.25) is 9.59 Å². The molecule has 0 aromatic heterocycles. The summed E-state index contributed by atoms with van der Waals surface area (Å²) in [4.78, 5) is 24.6. The molecule has 6 N–H and O–H groups in total. The first-order valence-electron chi connectivity index (χ1n) is 10.6. The molecular weight excluding hydrogens is 800 g/mol. The monoisotopic (exact) mass is 818 g/mol. The van der Waals surface area contributed by atoms with Crippen LogP contribution in [0.25, 0.3) is 0 Å². The first-order chi connectivity index (χ1) is 18.1. The maximum absolute atomic E-state index is 12.3. The SMILES string of the molecule is O=C(NCCSSCCNC(=O)/C(Cc1cc(Br)c(O)c(Br)c1)=N/O)/C(Cc1cc(Br)c(O)c(Br)c1)=N/O. The molecule has 2 amide bonds. The number of phenols is 2. The fraction of sp³-hybridized carbons (Fsp3) is 0.273. The summed E-state index contributed by atoms with van der Waals surface area (Å²) in [5.74, 6) is 0.212. The van der Waals surface area contributed by atoms with Crippen LogP contribution in [0.3, 0.4) is 0 Å². The Balaban J connectivity index is 1.66. The first kappa shape index (κ1) is 32.8. The summed E-state index contributed by atoms with van der Waals surface area (Å²) in [5.41, 5.74) is 1.19. The lowest BCUT2D eigenvalue weighted by molar-refractivity contribution is -0.115. The van der Waals surface area contributed by atoms with E-state index in [0.717, 1.165) is 0 Å².